The molecule has 0 N–H and O–H groups in total. The Kier molecular flexibility index (Phi) is 6.43. The van der Waals surface area contributed by atoms with E-state index in [1.807, 2.05) is 58.0 Å². The average Bonchev–Trinajstić information content (AvgIpc) is 3.07. The molecule has 3 aromatic rings. The van der Waals surface area contributed by atoms with Crippen LogP contribution in [-0.4, -0.2) is 47.5 Å². The van der Waals surface area contributed by atoms with E-state index in [-0.39, 0.29) is 5.97 Å². The number of nitrogens with zero attached hydrogens (tertiary/aromatic N) is 2. The summed E-state index contributed by atoms with van der Waals surface area (Å²) in [7, 11) is 0.547. The second kappa shape index (κ2) is 8.98. The molecule has 1 fully saturated rings. The number of hydrogen-bond acceptors (Lipinski definition) is 8. The van der Waals surface area contributed by atoms with E-state index >= 15 is 0 Å². The van der Waals surface area contributed by atoms with Gasteiger partial charge in [-0.25, -0.2) is 4.79 Å². The van der Waals surface area contributed by atoms with Crippen LogP contribution in [0.4, 0.5) is 0 Å². The maximum Gasteiger partial charge on any atom is 0.497 e. The normalized spacial score (nSPS) is 19.4. The first-order chi connectivity index (χ1) is 16.8. The predicted molar refractivity (Wildman–Crippen MR) is 136 cm³/mol. The Hall–Kier alpha value is -3.30. The van der Waals surface area contributed by atoms with Crippen LogP contribution in [0.1, 0.15) is 61.8 Å². The van der Waals surface area contributed by atoms with Crippen molar-refractivity contribution < 1.29 is 28.4 Å². The number of hydrogen-bond donors (Lipinski definition) is 0. The van der Waals surface area contributed by atoms with E-state index in [4.69, 9.17) is 18.8 Å². The second-order valence-electron chi connectivity index (χ2n) is 10.2. The zero-order valence-electron chi connectivity index (χ0n) is 22.0. The van der Waals surface area contributed by atoms with E-state index in [1.165, 1.54) is 7.11 Å². The molecule has 0 spiro atoms. The van der Waals surface area contributed by atoms with E-state index in [0.29, 0.717) is 27.6 Å². The Morgan fingerprint density at radius 3 is 2.47 bits per heavy atom. The standard InChI is InChI=1S/C27H31BN2O6/c1-16-17(2)30-20-13-10-14-29-22(20)21(16)23(31)34-27(7)26(5,6)35-28(36-27)19-12-9-11-18(15-19)25(3,4)24(32)33-8/h9-15H,1-8H3. The van der Waals surface area contributed by atoms with Gasteiger partial charge in [0.25, 0.3) is 0 Å². The smallest absolute Gasteiger partial charge is 0.468 e. The van der Waals surface area contributed by atoms with Gasteiger partial charge >= 0.3 is 19.1 Å². The van der Waals surface area contributed by atoms with Crippen molar-refractivity contribution in [3.05, 3.63) is 65.0 Å². The maximum absolute atomic E-state index is 13.5. The highest BCUT2D eigenvalue weighted by molar-refractivity contribution is 6.62. The lowest BCUT2D eigenvalue weighted by atomic mass is 9.75. The summed E-state index contributed by atoms with van der Waals surface area (Å²) in [4.78, 5) is 34.8. The van der Waals surface area contributed by atoms with Crippen molar-refractivity contribution in [3.8, 4) is 0 Å². The Morgan fingerprint density at radius 1 is 1.06 bits per heavy atom. The van der Waals surface area contributed by atoms with Gasteiger partial charge in [-0.05, 0) is 70.3 Å². The van der Waals surface area contributed by atoms with E-state index in [2.05, 4.69) is 9.97 Å². The van der Waals surface area contributed by atoms with Crippen molar-refractivity contribution in [1.29, 1.82) is 0 Å². The molecule has 0 radical (unpaired) electrons. The molecule has 1 unspecified atom stereocenters. The van der Waals surface area contributed by atoms with Crippen molar-refractivity contribution >= 4 is 35.6 Å². The highest BCUT2D eigenvalue weighted by atomic mass is 16.8. The first-order valence-electron chi connectivity index (χ1n) is 11.8. The lowest BCUT2D eigenvalue weighted by molar-refractivity contribution is -0.179. The van der Waals surface area contributed by atoms with Crippen molar-refractivity contribution in [3.63, 3.8) is 0 Å². The van der Waals surface area contributed by atoms with Gasteiger partial charge in [-0.1, -0.05) is 24.3 Å². The lowest BCUT2D eigenvalue weighted by Crippen LogP contribution is -2.48. The minimum Gasteiger partial charge on any atom is -0.468 e. The van der Waals surface area contributed by atoms with E-state index in [0.717, 1.165) is 11.3 Å². The summed E-state index contributed by atoms with van der Waals surface area (Å²) in [5, 5.41) is 0. The molecular formula is C27H31BN2O6. The van der Waals surface area contributed by atoms with Gasteiger partial charge in [0.05, 0.1) is 23.6 Å². The van der Waals surface area contributed by atoms with E-state index < -0.39 is 29.9 Å². The van der Waals surface area contributed by atoms with Crippen LogP contribution in [-0.2, 0) is 29.0 Å². The topological polar surface area (TPSA) is 96.8 Å². The van der Waals surface area contributed by atoms with Crippen LogP contribution in [0.25, 0.3) is 11.0 Å². The number of ether oxygens (including phenoxy) is 2. The molecule has 0 saturated carbocycles. The molecule has 1 aliphatic heterocycles. The third kappa shape index (κ3) is 4.26. The predicted octanol–water partition coefficient (Wildman–Crippen LogP) is 3.79. The SMILES string of the molecule is COC(=O)C(C)(C)c1cccc(B2OC(C)(C)C(C)(OC(=O)c3c(C)c(C)nc4cccnc34)O2)c1. The molecule has 188 valence electrons. The molecule has 4 rings (SSSR count). The number of aryl methyl sites for hydroxylation is 1. The van der Waals surface area contributed by atoms with Crippen molar-refractivity contribution in [2.24, 2.45) is 0 Å². The molecule has 0 aliphatic carbocycles. The third-order valence-corrected chi connectivity index (χ3v) is 7.12. The number of esters is 2. The summed E-state index contributed by atoms with van der Waals surface area (Å²) in [6.45, 7) is 12.6. The minimum atomic E-state index is -1.41. The fraction of sp³-hybridized carbons (Fsp3) is 0.407. The molecular weight excluding hydrogens is 459 g/mol. The van der Waals surface area contributed by atoms with Crippen LogP contribution in [0.3, 0.4) is 0 Å². The Balaban J connectivity index is 1.66. The Bertz CT molecular complexity index is 1360. The quantitative estimate of drug-likeness (QED) is 0.394. The molecule has 8 nitrogen and oxygen atoms in total. The highest BCUT2D eigenvalue weighted by Crippen LogP contribution is 2.39. The largest absolute Gasteiger partial charge is 0.497 e. The molecule has 1 aliphatic rings. The first-order valence-corrected chi connectivity index (χ1v) is 11.8. The maximum atomic E-state index is 13.5. The van der Waals surface area contributed by atoms with Gasteiger partial charge in [-0.3, -0.25) is 14.8 Å². The van der Waals surface area contributed by atoms with Gasteiger partial charge in [0.15, 0.2) is 0 Å². The fourth-order valence-corrected chi connectivity index (χ4v) is 4.26. The lowest BCUT2D eigenvalue weighted by Gasteiger charge is -2.35. The molecule has 0 amide bonds. The summed E-state index contributed by atoms with van der Waals surface area (Å²) < 4.78 is 23.5. The van der Waals surface area contributed by atoms with E-state index in [9.17, 15) is 9.59 Å². The molecule has 1 saturated heterocycles. The van der Waals surface area contributed by atoms with Crippen molar-refractivity contribution in [2.75, 3.05) is 7.11 Å². The third-order valence-electron chi connectivity index (χ3n) is 7.12. The molecule has 3 heterocycles. The zero-order chi connectivity index (χ0) is 26.5. The molecule has 1 atom stereocenters. The number of carbonyl (C=O) groups is 2. The number of fused-ring (bicyclic) bond motifs is 1. The molecule has 1 aromatic carbocycles. The molecule has 36 heavy (non-hydrogen) atoms. The fourth-order valence-electron chi connectivity index (χ4n) is 4.26. The van der Waals surface area contributed by atoms with Crippen LogP contribution < -0.4 is 5.46 Å². The summed E-state index contributed by atoms with van der Waals surface area (Å²) in [6.07, 6.45) is 1.62. The van der Waals surface area contributed by atoms with Gasteiger partial charge < -0.3 is 18.8 Å². The first kappa shape index (κ1) is 25.8. The molecule has 2 aromatic heterocycles. The highest BCUT2D eigenvalue weighted by Gasteiger charge is 2.58. The van der Waals surface area contributed by atoms with Crippen LogP contribution in [0.2, 0.25) is 0 Å². The van der Waals surface area contributed by atoms with Crippen LogP contribution in [0.15, 0.2) is 42.6 Å². The second-order valence-corrected chi connectivity index (χ2v) is 10.2. The number of pyridine rings is 2. The van der Waals surface area contributed by atoms with Gasteiger partial charge in [0.1, 0.15) is 11.1 Å². The van der Waals surface area contributed by atoms with Gasteiger partial charge in [-0.15, -0.1) is 0 Å². The van der Waals surface area contributed by atoms with Crippen LogP contribution in [0.5, 0.6) is 0 Å². The Morgan fingerprint density at radius 2 is 1.78 bits per heavy atom. The number of methoxy groups -OCH3 is 1. The van der Waals surface area contributed by atoms with Gasteiger partial charge in [0.2, 0.25) is 5.79 Å². The molecule has 0 bridgehead atoms. The van der Waals surface area contributed by atoms with Gasteiger partial charge in [-0.2, -0.15) is 0 Å². The van der Waals surface area contributed by atoms with Crippen molar-refractivity contribution in [1.82, 2.24) is 9.97 Å². The van der Waals surface area contributed by atoms with E-state index in [1.54, 1.807) is 33.0 Å². The summed E-state index contributed by atoms with van der Waals surface area (Å²) in [5.41, 5.74) is 2.45. The number of carbonyl (C=O) groups excluding carboxylic acids is 2. The monoisotopic (exact) mass is 490 g/mol. The van der Waals surface area contributed by atoms with Crippen LogP contribution in [0, 0.1) is 13.8 Å². The summed E-state index contributed by atoms with van der Waals surface area (Å²) in [5.74, 6) is -2.33. The minimum absolute atomic E-state index is 0.351. The van der Waals surface area contributed by atoms with Crippen LogP contribution >= 0.6 is 0 Å². The number of rotatable bonds is 5. The number of aromatic nitrogens is 2. The number of benzene rings is 1. The molecule has 9 heteroatoms. The zero-order valence-corrected chi connectivity index (χ0v) is 22.0. The Labute approximate surface area is 211 Å². The average molecular weight is 490 g/mol. The van der Waals surface area contributed by atoms with Gasteiger partial charge in [0, 0.05) is 18.8 Å². The summed E-state index contributed by atoms with van der Waals surface area (Å²) >= 11 is 0. The van der Waals surface area contributed by atoms with Crippen molar-refractivity contribution in [2.45, 2.75) is 65.3 Å². The summed E-state index contributed by atoms with van der Waals surface area (Å²) in [6, 6.07) is 11.0.